The molecule has 5 nitrogen and oxygen atoms in total. The number of nitrogens with zero attached hydrogens (tertiary/aromatic N) is 1. The van der Waals surface area contributed by atoms with E-state index in [9.17, 15) is 18.0 Å². The highest BCUT2D eigenvalue weighted by Crippen LogP contribution is 2.34. The van der Waals surface area contributed by atoms with Crippen LogP contribution in [0, 0.1) is 0 Å². The minimum absolute atomic E-state index is 0.160. The van der Waals surface area contributed by atoms with Gasteiger partial charge in [-0.05, 0) is 38.4 Å². The van der Waals surface area contributed by atoms with E-state index in [1.807, 2.05) is 49.3 Å². The van der Waals surface area contributed by atoms with Crippen molar-refractivity contribution in [1.82, 2.24) is 10.2 Å². The number of rotatable bonds is 5. The molecule has 2 amide bonds. The zero-order valence-corrected chi connectivity index (χ0v) is 15.4. The van der Waals surface area contributed by atoms with E-state index < -0.39 is 17.8 Å². The number of furan rings is 1. The molecule has 3 aromatic rings. The Balaban J connectivity index is 1.70. The Labute approximate surface area is 160 Å². The van der Waals surface area contributed by atoms with E-state index in [4.69, 9.17) is 4.42 Å². The van der Waals surface area contributed by atoms with Gasteiger partial charge < -0.3 is 15.1 Å². The third kappa shape index (κ3) is 4.45. The van der Waals surface area contributed by atoms with E-state index >= 15 is 0 Å². The van der Waals surface area contributed by atoms with Gasteiger partial charge in [-0.15, -0.1) is 0 Å². The second kappa shape index (κ2) is 7.93. The zero-order chi connectivity index (χ0) is 20.3. The number of alkyl halides is 3. The number of carbonyl (C=O) groups excluding carboxylic acids is 1. The number of benzene rings is 2. The number of amides is 2. The number of fused-ring (bicyclic) bond motifs is 1. The SMILES string of the molecule is CN(C)[C@@H](CNC(=O)Nc1ccccc1C(F)(F)F)c1cc2ccccc2o1. The summed E-state index contributed by atoms with van der Waals surface area (Å²) in [6.07, 6.45) is -4.55. The van der Waals surface area contributed by atoms with Crippen LogP contribution in [0.4, 0.5) is 23.7 Å². The Hall–Kier alpha value is -3.00. The summed E-state index contributed by atoms with van der Waals surface area (Å²) in [7, 11) is 3.66. The lowest BCUT2D eigenvalue weighted by Gasteiger charge is -2.23. The number of urea groups is 1. The van der Waals surface area contributed by atoms with E-state index in [0.29, 0.717) is 5.76 Å². The molecule has 0 unspecified atom stereocenters. The van der Waals surface area contributed by atoms with Crippen molar-refractivity contribution in [2.75, 3.05) is 26.0 Å². The van der Waals surface area contributed by atoms with E-state index in [2.05, 4.69) is 10.6 Å². The van der Waals surface area contributed by atoms with Gasteiger partial charge in [0.15, 0.2) is 0 Å². The summed E-state index contributed by atoms with van der Waals surface area (Å²) >= 11 is 0. The van der Waals surface area contributed by atoms with Gasteiger partial charge in [0.1, 0.15) is 11.3 Å². The van der Waals surface area contributed by atoms with E-state index in [-0.39, 0.29) is 18.3 Å². The number of halogens is 3. The fourth-order valence-electron chi connectivity index (χ4n) is 2.90. The molecule has 1 atom stereocenters. The van der Waals surface area contributed by atoms with Crippen LogP contribution in [0.1, 0.15) is 17.4 Å². The number of anilines is 1. The third-order valence-corrected chi connectivity index (χ3v) is 4.33. The standard InChI is InChI=1S/C20H20F3N3O2/c1-26(2)16(18-11-13-7-3-6-10-17(13)28-18)12-24-19(27)25-15-9-5-4-8-14(15)20(21,22)23/h3-11,16H,12H2,1-2H3,(H2,24,25,27)/t16-/m0/s1. The number of carbonyl (C=O) groups is 1. The van der Waals surface area contributed by atoms with Crippen molar-refractivity contribution >= 4 is 22.7 Å². The van der Waals surface area contributed by atoms with Crippen LogP contribution in [-0.2, 0) is 6.18 Å². The van der Waals surface area contributed by atoms with E-state index in [1.54, 1.807) is 0 Å². The molecule has 0 saturated heterocycles. The van der Waals surface area contributed by atoms with Crippen molar-refractivity contribution in [2.24, 2.45) is 0 Å². The summed E-state index contributed by atoms with van der Waals surface area (Å²) in [6.45, 7) is 0.160. The molecular formula is C20H20F3N3O2. The van der Waals surface area contributed by atoms with Gasteiger partial charge in [-0.25, -0.2) is 4.79 Å². The number of para-hydroxylation sites is 2. The molecule has 1 heterocycles. The molecule has 0 bridgehead atoms. The summed E-state index contributed by atoms with van der Waals surface area (Å²) in [5.74, 6) is 0.655. The van der Waals surface area contributed by atoms with E-state index in [1.165, 1.54) is 18.2 Å². The van der Waals surface area contributed by atoms with Crippen molar-refractivity contribution in [3.05, 3.63) is 65.9 Å². The van der Waals surface area contributed by atoms with Crippen molar-refractivity contribution in [1.29, 1.82) is 0 Å². The predicted octanol–water partition coefficient (Wildman–Crippen LogP) is 4.88. The molecule has 8 heteroatoms. The lowest BCUT2D eigenvalue weighted by molar-refractivity contribution is -0.136. The van der Waals surface area contributed by atoms with Gasteiger partial charge >= 0.3 is 12.2 Å². The lowest BCUT2D eigenvalue weighted by atomic mass is 10.1. The molecule has 3 rings (SSSR count). The fraction of sp³-hybridized carbons (Fsp3) is 0.250. The molecule has 0 aliphatic heterocycles. The van der Waals surface area contributed by atoms with Crippen molar-refractivity contribution in [2.45, 2.75) is 12.2 Å². The van der Waals surface area contributed by atoms with Crippen LogP contribution in [0.25, 0.3) is 11.0 Å². The largest absolute Gasteiger partial charge is 0.459 e. The van der Waals surface area contributed by atoms with Crippen LogP contribution < -0.4 is 10.6 Å². The van der Waals surface area contributed by atoms with Crippen molar-refractivity contribution in [3.63, 3.8) is 0 Å². The average Bonchev–Trinajstić information content (AvgIpc) is 3.04. The first-order chi connectivity index (χ1) is 13.3. The van der Waals surface area contributed by atoms with Gasteiger partial charge in [0, 0.05) is 11.9 Å². The maximum Gasteiger partial charge on any atom is 0.418 e. The van der Waals surface area contributed by atoms with Crippen LogP contribution in [0.3, 0.4) is 0 Å². The molecule has 1 aromatic heterocycles. The highest BCUT2D eigenvalue weighted by atomic mass is 19.4. The van der Waals surface area contributed by atoms with Crippen molar-refractivity contribution < 1.29 is 22.4 Å². The summed E-state index contributed by atoms with van der Waals surface area (Å²) in [4.78, 5) is 14.0. The molecule has 28 heavy (non-hydrogen) atoms. The number of nitrogens with one attached hydrogen (secondary N) is 2. The topological polar surface area (TPSA) is 57.5 Å². The molecule has 0 spiro atoms. The zero-order valence-electron chi connectivity index (χ0n) is 15.4. The number of likely N-dealkylation sites (N-methyl/N-ethyl adjacent to an activating group) is 1. The maximum atomic E-state index is 13.1. The molecule has 148 valence electrons. The molecule has 0 saturated carbocycles. The molecule has 2 N–H and O–H groups in total. The lowest BCUT2D eigenvalue weighted by Crippen LogP contribution is -2.37. The predicted molar refractivity (Wildman–Crippen MR) is 101 cm³/mol. The minimum Gasteiger partial charge on any atom is -0.459 e. The second-order valence-corrected chi connectivity index (χ2v) is 6.54. The van der Waals surface area contributed by atoms with E-state index in [0.717, 1.165) is 17.0 Å². The first-order valence-electron chi connectivity index (χ1n) is 8.61. The molecule has 2 aromatic carbocycles. The Kier molecular flexibility index (Phi) is 5.60. The third-order valence-electron chi connectivity index (χ3n) is 4.33. The Morgan fingerprint density at radius 1 is 1.11 bits per heavy atom. The van der Waals surface area contributed by atoms with Gasteiger partial charge in [-0.1, -0.05) is 30.3 Å². The van der Waals surface area contributed by atoms with Gasteiger partial charge in [-0.2, -0.15) is 13.2 Å². The summed E-state index contributed by atoms with van der Waals surface area (Å²) in [5, 5.41) is 5.82. The normalized spacial score (nSPS) is 12.9. The monoisotopic (exact) mass is 391 g/mol. The van der Waals surface area contributed by atoms with Gasteiger partial charge in [0.2, 0.25) is 0 Å². The van der Waals surface area contributed by atoms with Crippen LogP contribution in [0.15, 0.2) is 59.0 Å². The van der Waals surface area contributed by atoms with Gasteiger partial charge in [-0.3, -0.25) is 4.90 Å². The highest BCUT2D eigenvalue weighted by Gasteiger charge is 2.33. The Morgan fingerprint density at radius 2 is 1.79 bits per heavy atom. The van der Waals surface area contributed by atoms with Crippen LogP contribution in [0.5, 0.6) is 0 Å². The summed E-state index contributed by atoms with van der Waals surface area (Å²) in [6, 6.07) is 13.3. The maximum absolute atomic E-state index is 13.1. The van der Waals surface area contributed by atoms with Gasteiger partial charge in [0.25, 0.3) is 0 Å². The molecule has 0 radical (unpaired) electrons. The van der Waals surface area contributed by atoms with Crippen LogP contribution in [0.2, 0.25) is 0 Å². The first-order valence-corrected chi connectivity index (χ1v) is 8.61. The summed E-state index contributed by atoms with van der Waals surface area (Å²) < 4.78 is 45.0. The number of hydrogen-bond acceptors (Lipinski definition) is 3. The van der Waals surface area contributed by atoms with Crippen LogP contribution >= 0.6 is 0 Å². The molecule has 0 fully saturated rings. The molecular weight excluding hydrogens is 371 g/mol. The fourth-order valence-corrected chi connectivity index (χ4v) is 2.90. The number of hydrogen-bond donors (Lipinski definition) is 2. The average molecular weight is 391 g/mol. The second-order valence-electron chi connectivity index (χ2n) is 6.54. The highest BCUT2D eigenvalue weighted by molar-refractivity contribution is 5.90. The molecule has 0 aliphatic carbocycles. The first kappa shape index (κ1) is 19.8. The van der Waals surface area contributed by atoms with Crippen LogP contribution in [-0.4, -0.2) is 31.6 Å². The van der Waals surface area contributed by atoms with Crippen molar-refractivity contribution in [3.8, 4) is 0 Å². The van der Waals surface area contributed by atoms with Gasteiger partial charge in [0.05, 0.1) is 17.3 Å². The Morgan fingerprint density at radius 3 is 2.46 bits per heavy atom. The Bertz CT molecular complexity index is 933. The minimum atomic E-state index is -4.55. The quantitative estimate of drug-likeness (QED) is 0.652. The summed E-state index contributed by atoms with van der Waals surface area (Å²) in [5.41, 5.74) is -0.461. The smallest absolute Gasteiger partial charge is 0.418 e. The molecule has 0 aliphatic rings.